The summed E-state index contributed by atoms with van der Waals surface area (Å²) in [5.74, 6) is -0.739. The minimum absolute atomic E-state index is 0.218. The molecule has 1 aromatic heterocycles. The third-order valence-electron chi connectivity index (χ3n) is 4.29. The molecule has 0 aliphatic rings. The third kappa shape index (κ3) is 3.53. The highest BCUT2D eigenvalue weighted by Gasteiger charge is 2.24. The highest BCUT2D eigenvalue weighted by molar-refractivity contribution is 6.11. The number of ether oxygens (including phenoxy) is 2. The molecule has 5 nitrogen and oxygen atoms in total. The monoisotopic (exact) mass is 351 g/mol. The fourth-order valence-electron chi connectivity index (χ4n) is 2.98. The van der Waals surface area contributed by atoms with Crippen molar-refractivity contribution in [3.63, 3.8) is 0 Å². The number of aromatic nitrogens is 1. The van der Waals surface area contributed by atoms with Gasteiger partial charge in [-0.25, -0.2) is 4.79 Å². The van der Waals surface area contributed by atoms with Gasteiger partial charge in [0, 0.05) is 29.3 Å². The number of hydrogen-bond acceptors (Lipinski definition) is 4. The van der Waals surface area contributed by atoms with Crippen molar-refractivity contribution in [2.24, 2.45) is 0 Å². The first kappa shape index (κ1) is 17.9. The Balaban J connectivity index is 1.76. The fraction of sp³-hybridized carbons (Fsp3) is 0.238. The number of H-pyrrole nitrogens is 1. The van der Waals surface area contributed by atoms with Crippen LogP contribution >= 0.6 is 0 Å². The highest BCUT2D eigenvalue weighted by Crippen LogP contribution is 2.24. The second kappa shape index (κ2) is 7.54. The molecule has 3 aromatic rings. The van der Waals surface area contributed by atoms with Gasteiger partial charge in [-0.3, -0.25) is 4.79 Å². The van der Waals surface area contributed by atoms with Crippen LogP contribution in [0.2, 0.25) is 0 Å². The van der Waals surface area contributed by atoms with Gasteiger partial charge >= 0.3 is 5.97 Å². The molecule has 0 aliphatic carbocycles. The SMILES string of the molecule is COCc1ccc(C(=O)O[C@@H](C)C(=O)c2c(C)[nH]c3ccccc23)cc1. The lowest BCUT2D eigenvalue weighted by molar-refractivity contribution is 0.0319. The topological polar surface area (TPSA) is 68.4 Å². The number of esters is 1. The van der Waals surface area contributed by atoms with Gasteiger partial charge in [-0.05, 0) is 37.6 Å². The summed E-state index contributed by atoms with van der Waals surface area (Å²) in [6, 6.07) is 14.5. The predicted molar refractivity (Wildman–Crippen MR) is 99.4 cm³/mol. The van der Waals surface area contributed by atoms with Crippen molar-refractivity contribution >= 4 is 22.7 Å². The molecule has 0 spiro atoms. The summed E-state index contributed by atoms with van der Waals surface area (Å²) in [5, 5.41) is 0.835. The number of hydrogen-bond donors (Lipinski definition) is 1. The van der Waals surface area contributed by atoms with E-state index in [1.165, 1.54) is 0 Å². The Morgan fingerprint density at radius 1 is 1.08 bits per heavy atom. The van der Waals surface area contributed by atoms with Crippen molar-refractivity contribution in [1.82, 2.24) is 4.98 Å². The zero-order valence-electron chi connectivity index (χ0n) is 15.0. The molecule has 0 amide bonds. The second-order valence-corrected chi connectivity index (χ2v) is 6.21. The molecular weight excluding hydrogens is 330 g/mol. The molecule has 1 heterocycles. The lowest BCUT2D eigenvalue weighted by Gasteiger charge is -2.13. The molecule has 0 aliphatic heterocycles. The van der Waals surface area contributed by atoms with Crippen LogP contribution in [0.4, 0.5) is 0 Å². The van der Waals surface area contributed by atoms with Gasteiger partial charge in [0.2, 0.25) is 5.78 Å². The number of rotatable bonds is 6. The van der Waals surface area contributed by atoms with E-state index in [0.717, 1.165) is 22.2 Å². The molecule has 0 saturated carbocycles. The van der Waals surface area contributed by atoms with E-state index in [2.05, 4.69) is 4.98 Å². The number of nitrogens with one attached hydrogen (secondary N) is 1. The number of carbonyl (C=O) groups excluding carboxylic acids is 2. The van der Waals surface area contributed by atoms with Crippen LogP contribution < -0.4 is 0 Å². The minimum Gasteiger partial charge on any atom is -0.451 e. The van der Waals surface area contributed by atoms with Crippen LogP contribution in [-0.2, 0) is 16.1 Å². The predicted octanol–water partition coefficient (Wildman–Crippen LogP) is 4.05. The third-order valence-corrected chi connectivity index (χ3v) is 4.29. The highest BCUT2D eigenvalue weighted by atomic mass is 16.5. The summed E-state index contributed by atoms with van der Waals surface area (Å²) in [6.45, 7) is 3.92. The van der Waals surface area contributed by atoms with E-state index in [0.29, 0.717) is 17.7 Å². The molecule has 0 fully saturated rings. The second-order valence-electron chi connectivity index (χ2n) is 6.21. The normalized spacial score (nSPS) is 12.1. The van der Waals surface area contributed by atoms with Gasteiger partial charge in [0.05, 0.1) is 12.2 Å². The van der Waals surface area contributed by atoms with Gasteiger partial charge in [0.1, 0.15) is 0 Å². The van der Waals surface area contributed by atoms with Crippen LogP contribution in [0.25, 0.3) is 10.9 Å². The van der Waals surface area contributed by atoms with Crippen molar-refractivity contribution in [2.45, 2.75) is 26.6 Å². The first-order valence-corrected chi connectivity index (χ1v) is 8.41. The Morgan fingerprint density at radius 3 is 2.46 bits per heavy atom. The summed E-state index contributed by atoms with van der Waals surface area (Å²) < 4.78 is 10.4. The molecule has 3 rings (SSSR count). The van der Waals surface area contributed by atoms with Crippen molar-refractivity contribution in [2.75, 3.05) is 7.11 Å². The smallest absolute Gasteiger partial charge is 0.338 e. The number of aryl methyl sites for hydroxylation is 1. The van der Waals surface area contributed by atoms with Gasteiger partial charge in [-0.1, -0.05) is 30.3 Å². The Morgan fingerprint density at radius 2 is 1.77 bits per heavy atom. The summed E-state index contributed by atoms with van der Waals surface area (Å²) in [7, 11) is 1.61. The van der Waals surface area contributed by atoms with E-state index in [9.17, 15) is 9.59 Å². The zero-order valence-corrected chi connectivity index (χ0v) is 15.0. The number of ketones is 1. The van der Waals surface area contributed by atoms with Gasteiger partial charge < -0.3 is 14.5 Å². The molecule has 1 N–H and O–H groups in total. The maximum Gasteiger partial charge on any atom is 0.338 e. The number of carbonyl (C=O) groups is 2. The van der Waals surface area contributed by atoms with E-state index in [4.69, 9.17) is 9.47 Å². The van der Waals surface area contributed by atoms with Crippen molar-refractivity contribution in [3.8, 4) is 0 Å². The summed E-state index contributed by atoms with van der Waals surface area (Å²) >= 11 is 0. The average molecular weight is 351 g/mol. The summed E-state index contributed by atoms with van der Waals surface area (Å²) in [5.41, 5.74) is 3.59. The van der Waals surface area contributed by atoms with Crippen LogP contribution in [-0.4, -0.2) is 30.0 Å². The first-order chi connectivity index (χ1) is 12.5. The van der Waals surface area contributed by atoms with Crippen molar-refractivity contribution in [3.05, 3.63) is 70.9 Å². The number of para-hydroxylation sites is 1. The maximum atomic E-state index is 12.8. The number of benzene rings is 2. The van der Waals surface area contributed by atoms with Gasteiger partial charge in [0.15, 0.2) is 6.10 Å². The lowest BCUT2D eigenvalue weighted by atomic mass is 10.0. The minimum atomic E-state index is -0.876. The molecule has 134 valence electrons. The van der Waals surface area contributed by atoms with Crippen molar-refractivity contribution in [1.29, 1.82) is 0 Å². The average Bonchev–Trinajstić information content (AvgIpc) is 2.97. The quantitative estimate of drug-likeness (QED) is 0.537. The standard InChI is InChI=1S/C21H21NO4/c1-13-19(17-6-4-5-7-18(17)22-13)20(23)14(2)26-21(24)16-10-8-15(9-11-16)12-25-3/h4-11,14,22H,12H2,1-3H3/t14-/m0/s1. The number of methoxy groups -OCH3 is 1. The molecular formula is C21H21NO4. The molecule has 0 unspecified atom stereocenters. The Bertz CT molecular complexity index is 940. The molecule has 26 heavy (non-hydrogen) atoms. The number of fused-ring (bicyclic) bond motifs is 1. The van der Waals surface area contributed by atoms with Gasteiger partial charge in [0.25, 0.3) is 0 Å². The molecule has 0 bridgehead atoms. The van der Waals surface area contributed by atoms with Crippen LogP contribution in [0.1, 0.15) is 38.9 Å². The lowest BCUT2D eigenvalue weighted by Crippen LogP contribution is -2.24. The number of Topliss-reactive ketones (excluding diaryl/α,β-unsaturated/α-hetero) is 1. The van der Waals surface area contributed by atoms with E-state index >= 15 is 0 Å². The van der Waals surface area contributed by atoms with Gasteiger partial charge in [-0.2, -0.15) is 0 Å². The summed E-state index contributed by atoms with van der Waals surface area (Å²) in [4.78, 5) is 28.4. The van der Waals surface area contributed by atoms with E-state index in [1.54, 1.807) is 38.3 Å². The Labute approximate surface area is 151 Å². The molecule has 0 radical (unpaired) electrons. The largest absolute Gasteiger partial charge is 0.451 e. The molecule has 1 atom stereocenters. The summed E-state index contributed by atoms with van der Waals surface area (Å²) in [6.07, 6.45) is -0.876. The maximum absolute atomic E-state index is 12.8. The van der Waals surface area contributed by atoms with Gasteiger partial charge in [-0.15, -0.1) is 0 Å². The van der Waals surface area contributed by atoms with Crippen molar-refractivity contribution < 1.29 is 19.1 Å². The van der Waals surface area contributed by atoms with E-state index in [1.807, 2.05) is 31.2 Å². The van der Waals surface area contributed by atoms with E-state index < -0.39 is 12.1 Å². The Hall–Kier alpha value is -2.92. The van der Waals surface area contributed by atoms with E-state index in [-0.39, 0.29) is 5.78 Å². The zero-order chi connectivity index (χ0) is 18.7. The number of aromatic amines is 1. The first-order valence-electron chi connectivity index (χ1n) is 8.41. The van der Waals surface area contributed by atoms with Crippen LogP contribution in [0.3, 0.4) is 0 Å². The Kier molecular flexibility index (Phi) is 5.19. The van der Waals surface area contributed by atoms with Crippen LogP contribution in [0.5, 0.6) is 0 Å². The molecule has 5 heteroatoms. The van der Waals surface area contributed by atoms with Crippen LogP contribution in [0, 0.1) is 6.92 Å². The molecule has 0 saturated heterocycles. The fourth-order valence-corrected chi connectivity index (χ4v) is 2.98. The molecule has 2 aromatic carbocycles. The van der Waals surface area contributed by atoms with Crippen LogP contribution in [0.15, 0.2) is 48.5 Å².